The van der Waals surface area contributed by atoms with E-state index in [0.29, 0.717) is 6.54 Å². The van der Waals surface area contributed by atoms with Crippen molar-refractivity contribution in [3.63, 3.8) is 0 Å². The first kappa shape index (κ1) is 17.2. The molecule has 0 fully saturated rings. The molecule has 0 heterocycles. The van der Waals surface area contributed by atoms with E-state index >= 15 is 0 Å². The topological polar surface area (TPSA) is 102 Å². The average molecular weight is 317 g/mol. The van der Waals surface area contributed by atoms with E-state index in [-0.39, 0.29) is 23.1 Å². The molecule has 1 aromatic rings. The number of nitrogens with zero attached hydrogens (tertiary/aromatic N) is 1. The molecule has 21 heavy (non-hydrogen) atoms. The number of halogens is 1. The predicted octanol–water partition coefficient (Wildman–Crippen LogP) is 2.47. The Labute approximate surface area is 127 Å². The lowest BCUT2D eigenvalue weighted by Gasteiger charge is -2.26. The van der Waals surface area contributed by atoms with Gasteiger partial charge in [-0.1, -0.05) is 18.5 Å². The summed E-state index contributed by atoms with van der Waals surface area (Å²) in [7, 11) is 0. The number of benzene rings is 1. The molecule has 0 aliphatic rings. The fourth-order valence-electron chi connectivity index (χ4n) is 1.54. The molecule has 0 aliphatic heterocycles. The van der Waals surface area contributed by atoms with Crippen LogP contribution in [0.25, 0.3) is 0 Å². The summed E-state index contributed by atoms with van der Waals surface area (Å²) in [6.07, 6.45) is 0.784. The largest absolute Gasteiger partial charge is 0.491 e. The van der Waals surface area contributed by atoms with Crippen molar-refractivity contribution in [3.05, 3.63) is 33.3 Å². The summed E-state index contributed by atoms with van der Waals surface area (Å²) in [6, 6.07) is 3.89. The highest BCUT2D eigenvalue weighted by Gasteiger charge is 2.33. The van der Waals surface area contributed by atoms with Crippen molar-refractivity contribution in [2.75, 3.05) is 13.2 Å². The van der Waals surface area contributed by atoms with Gasteiger partial charge in [0.2, 0.25) is 0 Å². The van der Waals surface area contributed by atoms with E-state index < -0.39 is 16.4 Å². The number of ether oxygens (including phenoxy) is 1. The quantitative estimate of drug-likeness (QED) is 0.564. The van der Waals surface area contributed by atoms with Gasteiger partial charge in [0, 0.05) is 12.1 Å². The molecule has 8 heteroatoms. The van der Waals surface area contributed by atoms with Crippen LogP contribution >= 0.6 is 11.6 Å². The van der Waals surface area contributed by atoms with Crippen molar-refractivity contribution >= 4 is 23.3 Å². The van der Waals surface area contributed by atoms with Gasteiger partial charge in [-0.2, -0.15) is 0 Å². The van der Waals surface area contributed by atoms with Gasteiger partial charge in [-0.3, -0.25) is 20.2 Å². The zero-order chi connectivity index (χ0) is 16.0. The van der Waals surface area contributed by atoms with Crippen LogP contribution in [0.2, 0.25) is 5.02 Å². The van der Waals surface area contributed by atoms with Crippen LogP contribution < -0.4 is 10.1 Å². The summed E-state index contributed by atoms with van der Waals surface area (Å²) in [5.41, 5.74) is -1.47. The fraction of sp³-hybridized carbons (Fsp3) is 0.462. The van der Waals surface area contributed by atoms with Gasteiger partial charge in [0.25, 0.3) is 5.69 Å². The Kier molecular flexibility index (Phi) is 5.92. The second-order valence-corrected chi connectivity index (χ2v) is 5.13. The highest BCUT2D eigenvalue weighted by molar-refractivity contribution is 6.32. The van der Waals surface area contributed by atoms with Crippen LogP contribution in [0, 0.1) is 10.1 Å². The number of carbonyl (C=O) groups is 1. The van der Waals surface area contributed by atoms with E-state index in [4.69, 9.17) is 16.3 Å². The Morgan fingerprint density at radius 2 is 2.24 bits per heavy atom. The minimum absolute atomic E-state index is 0.0592. The van der Waals surface area contributed by atoms with Crippen LogP contribution in [0.5, 0.6) is 5.75 Å². The molecule has 0 aliphatic carbocycles. The number of hydrogen-bond acceptors (Lipinski definition) is 5. The SMILES string of the molecule is CCCNC(C)(COc1ccc([N+](=O)[O-])c(Cl)c1)C(=O)O. The summed E-state index contributed by atoms with van der Waals surface area (Å²) in [5.74, 6) is -0.764. The Morgan fingerprint density at radius 1 is 1.57 bits per heavy atom. The van der Waals surface area contributed by atoms with Gasteiger partial charge in [0.05, 0.1) is 4.92 Å². The third kappa shape index (κ3) is 4.57. The number of hydrogen-bond donors (Lipinski definition) is 2. The van der Waals surface area contributed by atoms with E-state index in [1.165, 1.54) is 25.1 Å². The number of carboxylic acid groups (broad SMARTS) is 1. The number of nitrogens with one attached hydrogen (secondary N) is 1. The highest BCUT2D eigenvalue weighted by atomic mass is 35.5. The molecular weight excluding hydrogens is 300 g/mol. The number of nitro benzene ring substituents is 1. The lowest BCUT2D eigenvalue weighted by molar-refractivity contribution is -0.384. The van der Waals surface area contributed by atoms with Crippen LogP contribution in [-0.4, -0.2) is 34.7 Å². The molecule has 1 rings (SSSR count). The fourth-order valence-corrected chi connectivity index (χ4v) is 1.78. The standard InChI is InChI=1S/C13H17ClN2O5/c1-3-6-15-13(2,12(17)18)8-21-9-4-5-11(16(19)20)10(14)7-9/h4-5,7,15H,3,6,8H2,1-2H3,(H,17,18). The smallest absolute Gasteiger partial charge is 0.327 e. The molecule has 0 aromatic heterocycles. The van der Waals surface area contributed by atoms with E-state index in [1.54, 1.807) is 0 Å². The first-order valence-corrected chi connectivity index (χ1v) is 6.73. The van der Waals surface area contributed by atoms with Gasteiger partial charge >= 0.3 is 5.97 Å². The summed E-state index contributed by atoms with van der Waals surface area (Å²) in [5, 5.41) is 22.7. The van der Waals surface area contributed by atoms with Gasteiger partial charge in [0.1, 0.15) is 22.9 Å². The number of aliphatic carboxylic acids is 1. The number of rotatable bonds is 8. The number of carboxylic acids is 1. The second kappa shape index (κ2) is 7.24. The predicted molar refractivity (Wildman–Crippen MR) is 77.9 cm³/mol. The van der Waals surface area contributed by atoms with Gasteiger partial charge in [-0.05, 0) is 26.0 Å². The van der Waals surface area contributed by atoms with E-state index in [2.05, 4.69) is 5.32 Å². The van der Waals surface area contributed by atoms with Gasteiger partial charge in [0.15, 0.2) is 0 Å². The van der Waals surface area contributed by atoms with Gasteiger partial charge < -0.3 is 9.84 Å². The zero-order valence-corrected chi connectivity index (χ0v) is 12.5. The molecule has 0 saturated carbocycles. The van der Waals surface area contributed by atoms with Crippen molar-refractivity contribution in [2.24, 2.45) is 0 Å². The maximum atomic E-state index is 11.3. The van der Waals surface area contributed by atoms with Gasteiger partial charge in [-0.15, -0.1) is 0 Å². The normalized spacial score (nSPS) is 13.5. The van der Waals surface area contributed by atoms with Crippen molar-refractivity contribution in [1.29, 1.82) is 0 Å². The molecule has 1 atom stereocenters. The molecule has 2 N–H and O–H groups in total. The third-order valence-electron chi connectivity index (χ3n) is 2.88. The molecular formula is C13H17ClN2O5. The Hall–Kier alpha value is -1.86. The highest BCUT2D eigenvalue weighted by Crippen LogP contribution is 2.28. The zero-order valence-electron chi connectivity index (χ0n) is 11.8. The minimum atomic E-state index is -1.25. The van der Waals surface area contributed by atoms with Crippen LogP contribution in [0.3, 0.4) is 0 Å². The minimum Gasteiger partial charge on any atom is -0.491 e. The molecule has 7 nitrogen and oxygen atoms in total. The monoisotopic (exact) mass is 316 g/mol. The third-order valence-corrected chi connectivity index (χ3v) is 3.18. The van der Waals surface area contributed by atoms with E-state index in [9.17, 15) is 20.0 Å². The van der Waals surface area contributed by atoms with Crippen molar-refractivity contribution in [2.45, 2.75) is 25.8 Å². The summed E-state index contributed by atoms with van der Waals surface area (Å²) < 4.78 is 5.39. The lowest BCUT2D eigenvalue weighted by atomic mass is 10.0. The molecule has 0 spiro atoms. The average Bonchev–Trinajstić information content (AvgIpc) is 2.42. The Bertz CT molecular complexity index is 537. The van der Waals surface area contributed by atoms with Crippen molar-refractivity contribution < 1.29 is 19.6 Å². The first-order valence-electron chi connectivity index (χ1n) is 6.35. The molecule has 0 amide bonds. The maximum absolute atomic E-state index is 11.3. The second-order valence-electron chi connectivity index (χ2n) is 4.72. The molecule has 0 radical (unpaired) electrons. The molecule has 1 aromatic carbocycles. The van der Waals surface area contributed by atoms with Crippen LogP contribution in [0.15, 0.2) is 18.2 Å². The summed E-state index contributed by atoms with van der Waals surface area (Å²) in [4.78, 5) is 21.4. The molecule has 0 bridgehead atoms. The molecule has 116 valence electrons. The van der Waals surface area contributed by atoms with Crippen molar-refractivity contribution in [1.82, 2.24) is 5.32 Å². The van der Waals surface area contributed by atoms with Gasteiger partial charge in [-0.25, -0.2) is 0 Å². The van der Waals surface area contributed by atoms with E-state index in [0.717, 1.165) is 6.42 Å². The van der Waals surface area contributed by atoms with Crippen LogP contribution in [0.1, 0.15) is 20.3 Å². The number of nitro groups is 1. The first-order chi connectivity index (χ1) is 9.80. The molecule has 1 unspecified atom stereocenters. The lowest BCUT2D eigenvalue weighted by Crippen LogP contribution is -2.54. The van der Waals surface area contributed by atoms with E-state index in [1.807, 2.05) is 6.92 Å². The summed E-state index contributed by atoms with van der Waals surface area (Å²) >= 11 is 5.77. The van der Waals surface area contributed by atoms with Crippen LogP contribution in [0.4, 0.5) is 5.69 Å². The van der Waals surface area contributed by atoms with Crippen LogP contribution in [-0.2, 0) is 4.79 Å². The Morgan fingerprint density at radius 3 is 2.71 bits per heavy atom. The molecule has 0 saturated heterocycles. The maximum Gasteiger partial charge on any atom is 0.327 e. The van der Waals surface area contributed by atoms with Crippen molar-refractivity contribution in [3.8, 4) is 5.75 Å². The Balaban J connectivity index is 2.79. The summed E-state index contributed by atoms with van der Waals surface area (Å²) in [6.45, 7) is 3.84.